The van der Waals surface area contributed by atoms with Crippen LogP contribution in [-0.4, -0.2) is 23.7 Å². The third-order valence-corrected chi connectivity index (χ3v) is 4.63. The van der Waals surface area contributed by atoms with E-state index in [9.17, 15) is 4.39 Å². The second-order valence-corrected chi connectivity index (χ2v) is 5.77. The molecule has 2 heteroatoms. The van der Waals surface area contributed by atoms with Gasteiger partial charge in [0.05, 0.1) is 6.67 Å². The van der Waals surface area contributed by atoms with Crippen LogP contribution in [0.25, 0.3) is 0 Å². The third kappa shape index (κ3) is 4.82. The fourth-order valence-corrected chi connectivity index (χ4v) is 3.91. The van der Waals surface area contributed by atoms with Gasteiger partial charge in [-0.15, -0.1) is 12.8 Å². The monoisotopic (exact) mass is 319 g/mol. The van der Waals surface area contributed by atoms with Crippen LogP contribution in [0.4, 0.5) is 4.39 Å². The minimum absolute atomic E-state index is 0.183. The molecule has 2 heterocycles. The average molecular weight is 320 g/mol. The summed E-state index contributed by atoms with van der Waals surface area (Å²) in [5.74, 6) is 0.183. The molecule has 0 radical (unpaired) electrons. The lowest BCUT2D eigenvalue weighted by molar-refractivity contribution is 0.157. The van der Waals surface area contributed by atoms with Gasteiger partial charge in [0.25, 0.3) is 0 Å². The molecule has 3 rings (SSSR count). The Kier molecular flexibility index (Phi) is 10.6. The molecule has 1 unspecified atom stereocenters. The molecule has 0 spiro atoms. The van der Waals surface area contributed by atoms with Crippen molar-refractivity contribution in [3.8, 4) is 12.8 Å². The molecule has 0 aliphatic carbocycles. The van der Waals surface area contributed by atoms with Crippen LogP contribution in [0.15, 0.2) is 30.3 Å². The van der Waals surface area contributed by atoms with Gasteiger partial charge in [-0.1, -0.05) is 58.0 Å². The quantitative estimate of drug-likeness (QED) is 0.616. The third-order valence-electron chi connectivity index (χ3n) is 4.63. The molecule has 0 bridgehead atoms. The summed E-state index contributed by atoms with van der Waals surface area (Å²) >= 11 is 0. The number of halogens is 1. The second-order valence-electron chi connectivity index (χ2n) is 5.77. The first kappa shape index (κ1) is 21.7. The number of fused-ring (bicyclic) bond motifs is 1. The highest BCUT2D eigenvalue weighted by Gasteiger charge is 2.51. The number of hydrogen-bond acceptors (Lipinski definition) is 1. The number of hydrogen-bond donors (Lipinski definition) is 0. The second kappa shape index (κ2) is 11.2. The Morgan fingerprint density at radius 2 is 1.70 bits per heavy atom. The summed E-state index contributed by atoms with van der Waals surface area (Å²) in [6, 6.07) is 10.8. The number of terminal acetylenes is 1. The Morgan fingerprint density at radius 3 is 2.22 bits per heavy atom. The zero-order valence-electron chi connectivity index (χ0n) is 15.6. The van der Waals surface area contributed by atoms with E-state index in [-0.39, 0.29) is 18.1 Å². The van der Waals surface area contributed by atoms with Crippen molar-refractivity contribution < 1.29 is 4.39 Å². The van der Waals surface area contributed by atoms with Crippen LogP contribution in [-0.2, 0) is 0 Å². The maximum atomic E-state index is 13.3. The summed E-state index contributed by atoms with van der Waals surface area (Å²) in [4.78, 5) is 2.55. The lowest BCUT2D eigenvalue weighted by Gasteiger charge is -2.32. The summed E-state index contributed by atoms with van der Waals surface area (Å²) in [5.41, 5.74) is 1.54. The van der Waals surface area contributed by atoms with Gasteiger partial charge in [-0.25, -0.2) is 0 Å². The first-order valence-electron chi connectivity index (χ1n) is 8.95. The van der Waals surface area contributed by atoms with Crippen molar-refractivity contribution in [2.24, 2.45) is 5.92 Å². The molecule has 1 nitrogen and oxygen atoms in total. The van der Waals surface area contributed by atoms with Gasteiger partial charge in [0.15, 0.2) is 0 Å². The maximum absolute atomic E-state index is 13.3. The summed E-state index contributed by atoms with van der Waals surface area (Å²) < 4.78 is 13.3. The van der Waals surface area contributed by atoms with E-state index >= 15 is 0 Å². The highest BCUT2D eigenvalue weighted by Crippen LogP contribution is 2.51. The van der Waals surface area contributed by atoms with Crippen LogP contribution in [0.3, 0.4) is 0 Å². The van der Waals surface area contributed by atoms with E-state index in [0.29, 0.717) is 6.04 Å². The zero-order valence-corrected chi connectivity index (χ0v) is 15.6. The van der Waals surface area contributed by atoms with Crippen LogP contribution >= 0.6 is 0 Å². The summed E-state index contributed by atoms with van der Waals surface area (Å²) in [6.07, 6.45) is 11.5. The highest BCUT2D eigenvalue weighted by molar-refractivity contribution is 5.24. The molecule has 0 N–H and O–H groups in total. The molecule has 23 heavy (non-hydrogen) atoms. The van der Waals surface area contributed by atoms with Gasteiger partial charge in [-0.05, 0) is 38.3 Å². The lowest BCUT2D eigenvalue weighted by Crippen LogP contribution is -2.36. The first-order valence-corrected chi connectivity index (χ1v) is 8.95. The van der Waals surface area contributed by atoms with Crippen molar-refractivity contribution in [1.82, 2.24) is 4.90 Å². The standard InChI is InChI=1S/C15H20FN.2C2H6.C2H2/c1-15-8-5-9-17(15)14(13(10-15)11-16)12-6-3-2-4-7-12;3*1-2/h2-4,6-7,13-14H,5,8-11H2,1H3;2*1-2H3;1-2H/t13-,14+,15?;;;/m1.../s1. The SMILES string of the molecule is C#C.CC.CC.CC12CCCN1[C@@H](c1ccccc1)[C@@H](CF)C2. The van der Waals surface area contributed by atoms with Crippen molar-refractivity contribution in [2.45, 2.75) is 65.5 Å². The van der Waals surface area contributed by atoms with Crippen LogP contribution < -0.4 is 0 Å². The maximum Gasteiger partial charge on any atom is 0.0941 e. The average Bonchev–Trinajstić information content (AvgIpc) is 3.14. The Morgan fingerprint density at radius 1 is 1.13 bits per heavy atom. The fraction of sp³-hybridized carbons (Fsp3) is 0.619. The van der Waals surface area contributed by atoms with E-state index in [2.05, 4.69) is 48.9 Å². The van der Waals surface area contributed by atoms with E-state index in [1.54, 1.807) is 0 Å². The normalized spacial score (nSPS) is 28.2. The summed E-state index contributed by atoms with van der Waals surface area (Å²) in [7, 11) is 0. The number of benzene rings is 1. The number of nitrogens with zero attached hydrogens (tertiary/aromatic N) is 1. The predicted octanol–water partition coefficient (Wildman–Crippen LogP) is 5.87. The van der Waals surface area contributed by atoms with Gasteiger partial charge in [-0.2, -0.15) is 0 Å². The Bertz CT molecular complexity index is 428. The largest absolute Gasteiger partial charge is 0.291 e. The zero-order chi connectivity index (χ0) is 17.9. The highest BCUT2D eigenvalue weighted by atomic mass is 19.1. The Labute approximate surface area is 143 Å². The molecule has 2 aliphatic heterocycles. The van der Waals surface area contributed by atoms with Gasteiger partial charge in [-0.3, -0.25) is 9.29 Å². The van der Waals surface area contributed by atoms with Crippen molar-refractivity contribution in [3.05, 3.63) is 35.9 Å². The predicted molar refractivity (Wildman–Crippen MR) is 100 cm³/mol. The molecule has 0 saturated carbocycles. The van der Waals surface area contributed by atoms with E-state index in [4.69, 9.17) is 0 Å². The number of alkyl halides is 1. The lowest BCUT2D eigenvalue weighted by atomic mass is 9.89. The number of rotatable bonds is 2. The fourth-order valence-electron chi connectivity index (χ4n) is 3.91. The van der Waals surface area contributed by atoms with Crippen molar-refractivity contribution in [1.29, 1.82) is 0 Å². The molecule has 2 saturated heterocycles. The van der Waals surface area contributed by atoms with Gasteiger partial charge < -0.3 is 0 Å². The summed E-state index contributed by atoms with van der Waals surface area (Å²) in [5, 5.41) is 0. The molecule has 3 atom stereocenters. The van der Waals surface area contributed by atoms with Crippen molar-refractivity contribution in [2.75, 3.05) is 13.2 Å². The van der Waals surface area contributed by atoms with E-state index in [1.807, 2.05) is 33.8 Å². The minimum Gasteiger partial charge on any atom is -0.291 e. The van der Waals surface area contributed by atoms with Gasteiger partial charge in [0.2, 0.25) is 0 Å². The topological polar surface area (TPSA) is 3.24 Å². The molecular formula is C21H34FN. The van der Waals surface area contributed by atoms with E-state index < -0.39 is 0 Å². The summed E-state index contributed by atoms with van der Waals surface area (Å²) in [6.45, 7) is 11.3. The van der Waals surface area contributed by atoms with E-state index in [1.165, 1.54) is 18.4 Å². The van der Waals surface area contributed by atoms with Gasteiger partial charge in [0.1, 0.15) is 0 Å². The molecule has 0 aromatic heterocycles. The minimum atomic E-state index is -0.189. The molecule has 1 aromatic carbocycles. The molecule has 2 aliphatic rings. The van der Waals surface area contributed by atoms with Crippen LogP contribution in [0, 0.1) is 18.8 Å². The smallest absolute Gasteiger partial charge is 0.0941 e. The van der Waals surface area contributed by atoms with Crippen LogP contribution in [0.5, 0.6) is 0 Å². The molecule has 1 aromatic rings. The van der Waals surface area contributed by atoms with Crippen molar-refractivity contribution >= 4 is 0 Å². The van der Waals surface area contributed by atoms with E-state index in [0.717, 1.165) is 13.0 Å². The Balaban J connectivity index is 0.000000728. The molecule has 2 fully saturated rings. The van der Waals surface area contributed by atoms with Crippen LogP contribution in [0.2, 0.25) is 0 Å². The van der Waals surface area contributed by atoms with Gasteiger partial charge >= 0.3 is 0 Å². The van der Waals surface area contributed by atoms with Gasteiger partial charge in [0, 0.05) is 17.5 Å². The molecule has 0 amide bonds. The Hall–Kier alpha value is -1.33. The van der Waals surface area contributed by atoms with Crippen molar-refractivity contribution in [3.63, 3.8) is 0 Å². The molecule has 130 valence electrons. The molecular weight excluding hydrogens is 285 g/mol. The van der Waals surface area contributed by atoms with Crippen LogP contribution in [0.1, 0.15) is 65.5 Å². The first-order chi connectivity index (χ1) is 11.2.